The number of nitro benzene ring substituents is 1. The number of non-ortho nitro benzene ring substituents is 1. The molecule has 24 heavy (non-hydrogen) atoms. The smallest absolute Gasteiger partial charge is 0.269 e. The van der Waals surface area contributed by atoms with Crippen LogP contribution >= 0.6 is 11.8 Å². The van der Waals surface area contributed by atoms with Crippen LogP contribution in [0.4, 0.5) is 5.69 Å². The summed E-state index contributed by atoms with van der Waals surface area (Å²) in [7, 11) is 0. The number of thioether (sulfide) groups is 1. The van der Waals surface area contributed by atoms with Crippen molar-refractivity contribution in [3.63, 3.8) is 0 Å². The van der Waals surface area contributed by atoms with Gasteiger partial charge in [-0.3, -0.25) is 14.9 Å². The zero-order valence-electron chi connectivity index (χ0n) is 12.7. The Bertz CT molecular complexity index is 597. The molecule has 1 amide bonds. The predicted molar refractivity (Wildman–Crippen MR) is 84.3 cm³/mol. The van der Waals surface area contributed by atoms with Gasteiger partial charge in [0, 0.05) is 24.0 Å². The lowest BCUT2D eigenvalue weighted by Crippen LogP contribution is -2.63. The Labute approximate surface area is 141 Å². The molecule has 0 unspecified atom stereocenters. The largest absolute Gasteiger partial charge is 0.394 e. The van der Waals surface area contributed by atoms with E-state index in [0.29, 0.717) is 4.90 Å². The van der Waals surface area contributed by atoms with Crippen LogP contribution in [-0.4, -0.2) is 62.5 Å². The summed E-state index contributed by atoms with van der Waals surface area (Å²) < 4.78 is 5.57. The molecule has 0 aliphatic carbocycles. The van der Waals surface area contributed by atoms with E-state index in [1.54, 1.807) is 0 Å². The van der Waals surface area contributed by atoms with Gasteiger partial charge in [0.1, 0.15) is 23.7 Å². The molecular weight excluding hydrogens is 340 g/mol. The Hall–Kier alpha value is -1.72. The molecule has 1 saturated heterocycles. The van der Waals surface area contributed by atoms with Crippen molar-refractivity contribution in [3.05, 3.63) is 34.4 Å². The summed E-state index contributed by atoms with van der Waals surface area (Å²) >= 11 is 1.12. The van der Waals surface area contributed by atoms with Crippen LogP contribution in [0.5, 0.6) is 0 Å². The summed E-state index contributed by atoms with van der Waals surface area (Å²) in [6.45, 7) is 0.771. The van der Waals surface area contributed by atoms with Gasteiger partial charge in [-0.1, -0.05) is 11.8 Å². The van der Waals surface area contributed by atoms with Crippen LogP contribution in [0.2, 0.25) is 0 Å². The van der Waals surface area contributed by atoms with E-state index in [-0.39, 0.29) is 5.69 Å². The van der Waals surface area contributed by atoms with Gasteiger partial charge in [-0.25, -0.2) is 0 Å². The van der Waals surface area contributed by atoms with E-state index in [2.05, 4.69) is 5.32 Å². The number of nitro groups is 1. The number of carbonyl (C=O) groups excluding carboxylic acids is 1. The maximum absolute atomic E-state index is 11.3. The van der Waals surface area contributed by atoms with Crippen molar-refractivity contribution >= 4 is 23.4 Å². The Morgan fingerprint density at radius 1 is 1.33 bits per heavy atom. The molecule has 132 valence electrons. The number of aliphatic hydroxyl groups is 3. The molecule has 0 saturated carbocycles. The fourth-order valence-corrected chi connectivity index (χ4v) is 3.49. The third kappa shape index (κ3) is 4.22. The van der Waals surface area contributed by atoms with E-state index < -0.39 is 47.2 Å². The first kappa shape index (κ1) is 18.6. The van der Waals surface area contributed by atoms with Gasteiger partial charge in [0.15, 0.2) is 0 Å². The standard InChI is InChI=1S/C14H18N2O7S/c1-7(18)15-11-13(20)12(19)10(6-17)23-14(11)24-9-4-2-8(3-5-9)16(21)22/h2-5,10-14,17,19-20H,6H2,1H3,(H,15,18)/t10-,11+,12+,13-,14+/m1/s1. The normalized spacial score (nSPS) is 29.9. The van der Waals surface area contributed by atoms with E-state index in [9.17, 15) is 30.2 Å². The molecule has 4 N–H and O–H groups in total. The van der Waals surface area contributed by atoms with Crippen LogP contribution < -0.4 is 5.32 Å². The molecule has 1 fully saturated rings. The minimum Gasteiger partial charge on any atom is -0.394 e. The Balaban J connectivity index is 2.19. The Morgan fingerprint density at radius 3 is 2.46 bits per heavy atom. The summed E-state index contributed by atoms with van der Waals surface area (Å²) in [6, 6.07) is 4.78. The average Bonchev–Trinajstić information content (AvgIpc) is 2.54. The number of aliphatic hydroxyl groups excluding tert-OH is 3. The molecular formula is C14H18N2O7S. The maximum Gasteiger partial charge on any atom is 0.269 e. The fraction of sp³-hybridized carbons (Fsp3) is 0.500. The molecule has 0 spiro atoms. The third-order valence-electron chi connectivity index (χ3n) is 3.55. The average molecular weight is 358 g/mol. The van der Waals surface area contributed by atoms with Gasteiger partial charge in [0.2, 0.25) is 5.91 Å². The highest BCUT2D eigenvalue weighted by molar-refractivity contribution is 7.99. The lowest BCUT2D eigenvalue weighted by Gasteiger charge is -2.42. The number of nitrogens with zero attached hydrogens (tertiary/aromatic N) is 1. The van der Waals surface area contributed by atoms with E-state index in [4.69, 9.17) is 4.74 Å². The summed E-state index contributed by atoms with van der Waals surface area (Å²) in [5.41, 5.74) is -0.850. The molecule has 0 bridgehead atoms. The zero-order chi connectivity index (χ0) is 17.9. The topological polar surface area (TPSA) is 142 Å². The van der Waals surface area contributed by atoms with E-state index >= 15 is 0 Å². The highest BCUT2D eigenvalue weighted by atomic mass is 32.2. The van der Waals surface area contributed by atoms with Crippen molar-refractivity contribution in [2.24, 2.45) is 0 Å². The fourth-order valence-electron chi connectivity index (χ4n) is 2.35. The second-order valence-electron chi connectivity index (χ2n) is 5.30. The van der Waals surface area contributed by atoms with Crippen molar-refractivity contribution in [2.75, 3.05) is 6.61 Å². The van der Waals surface area contributed by atoms with Crippen molar-refractivity contribution < 1.29 is 29.8 Å². The van der Waals surface area contributed by atoms with Crippen LogP contribution in [0.3, 0.4) is 0 Å². The number of amides is 1. The Morgan fingerprint density at radius 2 is 1.96 bits per heavy atom. The van der Waals surface area contributed by atoms with Crippen LogP contribution in [0, 0.1) is 10.1 Å². The summed E-state index contributed by atoms with van der Waals surface area (Å²) in [5, 5.41) is 42.6. The summed E-state index contributed by atoms with van der Waals surface area (Å²) in [6.07, 6.45) is -3.67. The number of nitrogens with one attached hydrogen (secondary N) is 1. The number of rotatable bonds is 5. The number of carbonyl (C=O) groups is 1. The lowest BCUT2D eigenvalue weighted by atomic mass is 9.98. The van der Waals surface area contributed by atoms with E-state index in [1.807, 2.05) is 0 Å². The van der Waals surface area contributed by atoms with Gasteiger partial charge in [0.25, 0.3) is 5.69 Å². The van der Waals surface area contributed by atoms with Crippen LogP contribution in [0.25, 0.3) is 0 Å². The molecule has 1 aliphatic heterocycles. The molecule has 1 aromatic carbocycles. The van der Waals surface area contributed by atoms with Gasteiger partial charge in [-0.05, 0) is 12.1 Å². The van der Waals surface area contributed by atoms with Gasteiger partial charge in [-0.2, -0.15) is 0 Å². The van der Waals surface area contributed by atoms with Gasteiger partial charge in [0.05, 0.1) is 17.6 Å². The minimum atomic E-state index is -1.35. The van der Waals surface area contributed by atoms with Crippen LogP contribution in [0.15, 0.2) is 29.2 Å². The van der Waals surface area contributed by atoms with E-state index in [1.165, 1.54) is 31.2 Å². The number of hydrogen-bond donors (Lipinski definition) is 4. The van der Waals surface area contributed by atoms with Gasteiger partial charge >= 0.3 is 0 Å². The molecule has 2 rings (SSSR count). The van der Waals surface area contributed by atoms with E-state index in [0.717, 1.165) is 11.8 Å². The van der Waals surface area contributed by atoms with Crippen LogP contribution in [-0.2, 0) is 9.53 Å². The highest BCUT2D eigenvalue weighted by Crippen LogP contribution is 2.34. The highest BCUT2D eigenvalue weighted by Gasteiger charge is 2.45. The first-order chi connectivity index (χ1) is 11.3. The molecule has 1 aliphatic rings. The Kier molecular flexibility index (Phi) is 6.13. The van der Waals surface area contributed by atoms with Crippen LogP contribution in [0.1, 0.15) is 6.92 Å². The molecule has 0 radical (unpaired) electrons. The molecule has 0 aromatic heterocycles. The first-order valence-electron chi connectivity index (χ1n) is 7.14. The second-order valence-corrected chi connectivity index (χ2v) is 6.47. The minimum absolute atomic E-state index is 0.0639. The third-order valence-corrected chi connectivity index (χ3v) is 4.73. The zero-order valence-corrected chi connectivity index (χ0v) is 13.5. The van der Waals surface area contributed by atoms with Crippen molar-refractivity contribution in [2.45, 2.75) is 41.6 Å². The molecule has 5 atom stereocenters. The maximum atomic E-state index is 11.3. The predicted octanol–water partition coefficient (Wildman–Crippen LogP) is -0.369. The summed E-state index contributed by atoms with van der Waals surface area (Å²) in [5.74, 6) is -0.411. The van der Waals surface area contributed by atoms with Crippen molar-refractivity contribution in [3.8, 4) is 0 Å². The molecule has 1 aromatic rings. The number of hydrogen-bond acceptors (Lipinski definition) is 8. The quantitative estimate of drug-likeness (QED) is 0.412. The lowest BCUT2D eigenvalue weighted by molar-refractivity contribution is -0.384. The van der Waals surface area contributed by atoms with Crippen molar-refractivity contribution in [1.82, 2.24) is 5.32 Å². The monoisotopic (exact) mass is 358 g/mol. The SMILES string of the molecule is CC(=O)N[C@H]1[C@@H](O)[C@@H](O)[C@@H](CO)O[C@H]1Sc1ccc([N+](=O)[O-])cc1. The summed E-state index contributed by atoms with van der Waals surface area (Å²) in [4.78, 5) is 22.1. The second kappa shape index (κ2) is 7.90. The number of benzene rings is 1. The van der Waals surface area contributed by atoms with Gasteiger partial charge in [-0.15, -0.1) is 0 Å². The number of ether oxygens (including phenoxy) is 1. The molecule has 1 heterocycles. The van der Waals surface area contributed by atoms with Gasteiger partial charge < -0.3 is 25.4 Å². The molecule has 10 heteroatoms. The first-order valence-corrected chi connectivity index (χ1v) is 8.02. The van der Waals surface area contributed by atoms with Crippen molar-refractivity contribution in [1.29, 1.82) is 0 Å². The molecule has 9 nitrogen and oxygen atoms in total.